The van der Waals surface area contributed by atoms with Crippen LogP contribution in [0.5, 0.6) is 0 Å². The number of hydrogen-bond donors (Lipinski definition) is 0. The van der Waals surface area contributed by atoms with Crippen molar-refractivity contribution in [2.24, 2.45) is 0 Å². The second-order valence-electron chi connectivity index (χ2n) is 9.53. The molecular weight excluding hydrogens is 310 g/mol. The molecule has 3 aliphatic rings. The molecule has 3 aliphatic heterocycles. The normalized spacial score (nSPS) is 28.2. The minimum atomic E-state index is 0.111. The van der Waals surface area contributed by atoms with E-state index in [0.29, 0.717) is 0 Å². The Morgan fingerprint density at radius 3 is 1.44 bits per heavy atom. The highest BCUT2D eigenvalue weighted by atomic mass is 16.5. The first-order chi connectivity index (χ1) is 11.8. The maximum Gasteiger partial charge on any atom is 0.0594 e. The van der Waals surface area contributed by atoms with E-state index in [-0.39, 0.29) is 16.6 Å². The molecule has 0 aromatic rings. The number of rotatable bonds is 5. The molecule has 3 saturated heterocycles. The zero-order chi connectivity index (χ0) is 18.1. The summed E-state index contributed by atoms with van der Waals surface area (Å²) in [6.45, 7) is 21.5. The van der Waals surface area contributed by atoms with Crippen molar-refractivity contribution >= 4 is 0 Å². The van der Waals surface area contributed by atoms with Crippen LogP contribution < -0.4 is 0 Å². The van der Waals surface area contributed by atoms with Gasteiger partial charge in [0.1, 0.15) is 0 Å². The summed E-state index contributed by atoms with van der Waals surface area (Å²) in [5.41, 5.74) is 0.380. The Kier molecular flexibility index (Phi) is 5.85. The lowest BCUT2D eigenvalue weighted by Gasteiger charge is -2.65. The van der Waals surface area contributed by atoms with Gasteiger partial charge in [0, 0.05) is 24.2 Å². The molecule has 0 radical (unpaired) electrons. The van der Waals surface area contributed by atoms with Crippen molar-refractivity contribution in [1.29, 1.82) is 0 Å². The number of ether oxygens (including phenoxy) is 1. The maximum atomic E-state index is 5.67. The Labute approximate surface area is 155 Å². The first-order valence-electron chi connectivity index (χ1n) is 10.6. The molecule has 0 spiro atoms. The van der Waals surface area contributed by atoms with E-state index in [1.807, 2.05) is 0 Å². The molecule has 0 aromatic heterocycles. The van der Waals surface area contributed by atoms with Gasteiger partial charge in [-0.05, 0) is 86.5 Å². The molecule has 4 nitrogen and oxygen atoms in total. The average molecular weight is 352 g/mol. The Morgan fingerprint density at radius 2 is 0.920 bits per heavy atom. The van der Waals surface area contributed by atoms with Gasteiger partial charge in [-0.15, -0.1) is 0 Å². The van der Waals surface area contributed by atoms with Crippen LogP contribution in [0.4, 0.5) is 0 Å². The third kappa shape index (κ3) is 3.28. The van der Waals surface area contributed by atoms with Crippen LogP contribution in [0.2, 0.25) is 0 Å². The second-order valence-corrected chi connectivity index (χ2v) is 9.53. The quantitative estimate of drug-likeness (QED) is 0.757. The van der Waals surface area contributed by atoms with Crippen molar-refractivity contribution in [1.82, 2.24) is 14.7 Å². The first-order valence-corrected chi connectivity index (χ1v) is 10.6. The number of likely N-dealkylation sites (tertiary alicyclic amines) is 2. The van der Waals surface area contributed by atoms with Gasteiger partial charge >= 0.3 is 0 Å². The van der Waals surface area contributed by atoms with Crippen molar-refractivity contribution in [3.63, 3.8) is 0 Å². The van der Waals surface area contributed by atoms with Crippen LogP contribution in [0, 0.1) is 0 Å². The highest BCUT2D eigenvalue weighted by molar-refractivity contribution is 5.18. The number of morpholine rings is 1. The Balaban J connectivity index is 1.97. The first kappa shape index (κ1) is 19.6. The lowest BCUT2D eigenvalue weighted by Crippen LogP contribution is -2.79. The third-order valence-corrected chi connectivity index (χ3v) is 8.07. The highest BCUT2D eigenvalue weighted by Crippen LogP contribution is 2.46. The van der Waals surface area contributed by atoms with Crippen molar-refractivity contribution in [3.05, 3.63) is 0 Å². The van der Waals surface area contributed by atoms with Gasteiger partial charge < -0.3 is 4.74 Å². The fraction of sp³-hybridized carbons (Fsp3) is 1.00. The Bertz CT molecular complexity index is 432. The predicted molar refractivity (Wildman–Crippen MR) is 105 cm³/mol. The number of nitrogens with zero attached hydrogens (tertiary/aromatic N) is 3. The van der Waals surface area contributed by atoms with Gasteiger partial charge in [0.25, 0.3) is 0 Å². The summed E-state index contributed by atoms with van der Waals surface area (Å²) in [4.78, 5) is 8.34. The van der Waals surface area contributed by atoms with Gasteiger partial charge in [-0.25, -0.2) is 0 Å². The van der Waals surface area contributed by atoms with E-state index in [1.54, 1.807) is 0 Å². The van der Waals surface area contributed by atoms with Crippen LogP contribution in [0.15, 0.2) is 0 Å². The standard InChI is InChI=1S/C21H41N3O/c1-19(2,22-11-9-10-12-22)21(5,24-13-7-6-8-14-24)20(3,4)23-15-17-25-18-16-23/h6-18H2,1-5H3. The number of piperidine rings is 1. The topological polar surface area (TPSA) is 19.0 Å². The molecule has 0 bridgehead atoms. The van der Waals surface area contributed by atoms with Gasteiger partial charge in [-0.2, -0.15) is 0 Å². The fourth-order valence-electron chi connectivity index (χ4n) is 5.88. The Hall–Kier alpha value is -0.160. The maximum absolute atomic E-state index is 5.67. The average Bonchev–Trinajstić information content (AvgIpc) is 3.17. The van der Waals surface area contributed by atoms with Crippen LogP contribution in [-0.2, 0) is 4.74 Å². The summed E-state index contributed by atoms with van der Waals surface area (Å²) in [7, 11) is 0. The molecule has 146 valence electrons. The molecule has 0 aromatic carbocycles. The van der Waals surface area contributed by atoms with E-state index in [2.05, 4.69) is 49.3 Å². The molecule has 0 amide bonds. The van der Waals surface area contributed by atoms with Crippen molar-refractivity contribution in [3.8, 4) is 0 Å². The van der Waals surface area contributed by atoms with Crippen LogP contribution in [0.1, 0.15) is 66.7 Å². The summed E-state index contributed by atoms with van der Waals surface area (Å²) in [6.07, 6.45) is 6.82. The third-order valence-electron chi connectivity index (χ3n) is 8.07. The minimum absolute atomic E-state index is 0.111. The van der Waals surface area contributed by atoms with Crippen molar-refractivity contribution in [2.75, 3.05) is 52.5 Å². The smallest absolute Gasteiger partial charge is 0.0594 e. The van der Waals surface area contributed by atoms with E-state index in [4.69, 9.17) is 4.74 Å². The van der Waals surface area contributed by atoms with Crippen LogP contribution in [0.25, 0.3) is 0 Å². The molecule has 3 heterocycles. The van der Waals surface area contributed by atoms with Crippen LogP contribution >= 0.6 is 0 Å². The highest BCUT2D eigenvalue weighted by Gasteiger charge is 2.59. The molecule has 3 rings (SSSR count). The SMILES string of the molecule is CC(C)(N1CCCC1)C(C)(N1CCCCC1)C(C)(C)N1CCOCC1. The van der Waals surface area contributed by atoms with E-state index in [9.17, 15) is 0 Å². The minimum Gasteiger partial charge on any atom is -0.379 e. The van der Waals surface area contributed by atoms with Gasteiger partial charge in [0.2, 0.25) is 0 Å². The van der Waals surface area contributed by atoms with Gasteiger partial charge in [0.15, 0.2) is 0 Å². The lowest BCUT2D eigenvalue weighted by molar-refractivity contribution is -0.145. The summed E-state index contributed by atoms with van der Waals surface area (Å²) >= 11 is 0. The molecule has 3 fully saturated rings. The zero-order valence-electron chi connectivity index (χ0n) is 17.4. The molecular formula is C21H41N3O. The molecule has 1 atom stereocenters. The Morgan fingerprint density at radius 1 is 0.520 bits per heavy atom. The summed E-state index contributed by atoms with van der Waals surface area (Å²) < 4.78 is 5.67. The molecule has 1 unspecified atom stereocenters. The molecule has 0 N–H and O–H groups in total. The molecule has 4 heteroatoms. The molecule has 0 saturated carbocycles. The zero-order valence-corrected chi connectivity index (χ0v) is 17.4. The largest absolute Gasteiger partial charge is 0.379 e. The monoisotopic (exact) mass is 351 g/mol. The summed E-state index contributed by atoms with van der Waals surface area (Å²) in [5, 5.41) is 0. The van der Waals surface area contributed by atoms with E-state index >= 15 is 0 Å². The molecule has 0 aliphatic carbocycles. The van der Waals surface area contributed by atoms with Crippen molar-refractivity contribution < 1.29 is 4.74 Å². The van der Waals surface area contributed by atoms with Crippen LogP contribution in [0.3, 0.4) is 0 Å². The second kappa shape index (κ2) is 7.46. The van der Waals surface area contributed by atoms with Crippen LogP contribution in [-0.4, -0.2) is 83.8 Å². The van der Waals surface area contributed by atoms with E-state index in [0.717, 1.165) is 26.3 Å². The van der Waals surface area contributed by atoms with Gasteiger partial charge in [0.05, 0.1) is 18.8 Å². The van der Waals surface area contributed by atoms with Gasteiger partial charge in [-0.1, -0.05) is 6.42 Å². The van der Waals surface area contributed by atoms with Gasteiger partial charge in [-0.3, -0.25) is 14.7 Å². The summed E-state index contributed by atoms with van der Waals surface area (Å²) in [6, 6.07) is 0. The fourth-order valence-corrected chi connectivity index (χ4v) is 5.88. The predicted octanol–water partition coefficient (Wildman–Crippen LogP) is 3.22. The number of hydrogen-bond acceptors (Lipinski definition) is 4. The van der Waals surface area contributed by atoms with E-state index < -0.39 is 0 Å². The summed E-state index contributed by atoms with van der Waals surface area (Å²) in [5.74, 6) is 0. The molecule has 25 heavy (non-hydrogen) atoms. The lowest BCUT2D eigenvalue weighted by atomic mass is 9.64. The van der Waals surface area contributed by atoms with Crippen molar-refractivity contribution in [2.45, 2.75) is 83.3 Å². The van der Waals surface area contributed by atoms with E-state index in [1.165, 1.54) is 58.3 Å².